The van der Waals surface area contributed by atoms with Gasteiger partial charge in [0.1, 0.15) is 0 Å². The predicted octanol–water partition coefficient (Wildman–Crippen LogP) is 2.46. The molecule has 1 fully saturated rings. The highest BCUT2D eigenvalue weighted by Gasteiger charge is 2.34. The van der Waals surface area contributed by atoms with Crippen LogP contribution in [0.3, 0.4) is 0 Å². The van der Waals surface area contributed by atoms with Gasteiger partial charge in [-0.1, -0.05) is 17.7 Å². The normalized spacial score (nSPS) is 17.5. The molecule has 2 aromatic heterocycles. The number of carbonyl (C=O) groups is 2. The van der Waals surface area contributed by atoms with Gasteiger partial charge in [-0.05, 0) is 24.3 Å². The largest absolute Gasteiger partial charge is 0.351 e. The molecule has 1 N–H and O–H groups in total. The molecule has 0 aromatic carbocycles. The predicted molar refractivity (Wildman–Crippen MR) is 88.9 cm³/mol. The molecule has 0 radical (unpaired) electrons. The molecule has 120 valence electrons. The van der Waals surface area contributed by atoms with Gasteiger partial charge in [0.05, 0.1) is 29.0 Å². The number of rotatable bonds is 5. The Hall–Kier alpha value is -1.92. The van der Waals surface area contributed by atoms with Gasteiger partial charge in [0.15, 0.2) is 0 Å². The number of halogens is 1. The second-order valence-electron chi connectivity index (χ2n) is 5.42. The number of thiophene rings is 1. The average molecular weight is 350 g/mol. The Morgan fingerprint density at radius 2 is 2.26 bits per heavy atom. The van der Waals surface area contributed by atoms with Gasteiger partial charge in [0, 0.05) is 24.0 Å². The highest BCUT2D eigenvalue weighted by atomic mass is 35.5. The molecule has 0 aliphatic carbocycles. The minimum Gasteiger partial charge on any atom is -0.351 e. The van der Waals surface area contributed by atoms with Crippen LogP contribution in [0.15, 0.2) is 36.5 Å². The van der Waals surface area contributed by atoms with Crippen molar-refractivity contribution in [3.63, 3.8) is 0 Å². The van der Waals surface area contributed by atoms with E-state index in [2.05, 4.69) is 10.3 Å². The molecule has 0 spiro atoms. The number of aromatic nitrogens is 1. The van der Waals surface area contributed by atoms with Crippen LogP contribution >= 0.6 is 22.9 Å². The number of pyridine rings is 1. The van der Waals surface area contributed by atoms with Crippen LogP contribution in [0.2, 0.25) is 4.34 Å². The second-order valence-corrected chi connectivity index (χ2v) is 7.22. The molecule has 5 nitrogen and oxygen atoms in total. The molecule has 1 unspecified atom stereocenters. The van der Waals surface area contributed by atoms with Crippen LogP contribution in [0.5, 0.6) is 0 Å². The maximum absolute atomic E-state index is 12.2. The van der Waals surface area contributed by atoms with Gasteiger partial charge in [0.25, 0.3) is 0 Å². The van der Waals surface area contributed by atoms with Crippen molar-refractivity contribution < 1.29 is 9.59 Å². The summed E-state index contributed by atoms with van der Waals surface area (Å²) < 4.78 is 0.701. The van der Waals surface area contributed by atoms with E-state index in [1.165, 1.54) is 11.3 Å². The first kappa shape index (κ1) is 16.0. The van der Waals surface area contributed by atoms with Crippen LogP contribution in [0.1, 0.15) is 17.0 Å². The SMILES string of the molecule is O=C(NCc1ccc(Cl)s1)C1CC(=O)N(Cc2ccccn2)C1. The maximum Gasteiger partial charge on any atom is 0.225 e. The van der Waals surface area contributed by atoms with E-state index >= 15 is 0 Å². The van der Waals surface area contributed by atoms with Crippen LogP contribution < -0.4 is 5.32 Å². The van der Waals surface area contributed by atoms with E-state index in [1.54, 1.807) is 17.2 Å². The molecule has 0 bridgehead atoms. The Labute approximate surface area is 143 Å². The van der Waals surface area contributed by atoms with Crippen molar-refractivity contribution in [2.75, 3.05) is 6.54 Å². The highest BCUT2D eigenvalue weighted by Crippen LogP contribution is 2.22. The average Bonchev–Trinajstić information content (AvgIpc) is 3.12. The van der Waals surface area contributed by atoms with Gasteiger partial charge >= 0.3 is 0 Å². The summed E-state index contributed by atoms with van der Waals surface area (Å²) in [6, 6.07) is 9.30. The van der Waals surface area contributed by atoms with Crippen molar-refractivity contribution in [2.24, 2.45) is 5.92 Å². The number of nitrogens with zero attached hydrogens (tertiary/aromatic N) is 2. The summed E-state index contributed by atoms with van der Waals surface area (Å²) in [6.07, 6.45) is 1.95. The fourth-order valence-corrected chi connectivity index (χ4v) is 3.58. The molecule has 1 atom stereocenters. The van der Waals surface area contributed by atoms with Gasteiger partial charge in [0.2, 0.25) is 11.8 Å². The quantitative estimate of drug-likeness (QED) is 0.902. The van der Waals surface area contributed by atoms with Crippen molar-refractivity contribution in [1.82, 2.24) is 15.2 Å². The van der Waals surface area contributed by atoms with E-state index in [4.69, 9.17) is 11.6 Å². The third-order valence-corrected chi connectivity index (χ3v) is 4.96. The molecule has 0 saturated carbocycles. The second kappa shape index (κ2) is 7.10. The van der Waals surface area contributed by atoms with Gasteiger partial charge in [-0.25, -0.2) is 0 Å². The topological polar surface area (TPSA) is 62.3 Å². The maximum atomic E-state index is 12.2. The molecular formula is C16H16ClN3O2S. The van der Waals surface area contributed by atoms with Crippen molar-refractivity contribution in [3.8, 4) is 0 Å². The summed E-state index contributed by atoms with van der Waals surface area (Å²) in [5, 5.41) is 2.88. The van der Waals surface area contributed by atoms with Crippen molar-refractivity contribution in [1.29, 1.82) is 0 Å². The van der Waals surface area contributed by atoms with Crippen LogP contribution in [0, 0.1) is 5.92 Å². The number of nitrogens with one attached hydrogen (secondary N) is 1. The third kappa shape index (κ3) is 4.09. The summed E-state index contributed by atoms with van der Waals surface area (Å²) in [4.78, 5) is 31.2. The third-order valence-electron chi connectivity index (χ3n) is 3.73. The standard InChI is InChI=1S/C16H16ClN3O2S/c17-14-5-4-13(23-14)8-19-16(22)11-7-15(21)20(9-11)10-12-3-1-2-6-18-12/h1-6,11H,7-10H2,(H,19,22). The van der Waals surface area contributed by atoms with Crippen molar-refractivity contribution in [3.05, 3.63) is 51.4 Å². The summed E-state index contributed by atoms with van der Waals surface area (Å²) in [5.74, 6) is -0.400. The van der Waals surface area contributed by atoms with Crippen LogP contribution in [0.25, 0.3) is 0 Å². The Morgan fingerprint density at radius 3 is 2.96 bits per heavy atom. The van der Waals surface area contributed by atoms with E-state index in [-0.39, 0.29) is 24.2 Å². The lowest BCUT2D eigenvalue weighted by atomic mass is 10.1. The molecule has 3 heterocycles. The van der Waals surface area contributed by atoms with Gasteiger partial charge in [-0.2, -0.15) is 0 Å². The van der Waals surface area contributed by atoms with Crippen LogP contribution in [0.4, 0.5) is 0 Å². The van der Waals surface area contributed by atoms with E-state index in [9.17, 15) is 9.59 Å². The Bertz CT molecular complexity index is 704. The summed E-state index contributed by atoms with van der Waals surface area (Å²) in [6.45, 7) is 1.33. The fraction of sp³-hybridized carbons (Fsp3) is 0.312. The molecule has 1 saturated heterocycles. The van der Waals surface area contributed by atoms with Gasteiger partial charge < -0.3 is 10.2 Å². The van der Waals surface area contributed by atoms with Crippen molar-refractivity contribution >= 4 is 34.8 Å². The van der Waals surface area contributed by atoms with E-state index in [0.717, 1.165) is 10.6 Å². The minimum atomic E-state index is -0.304. The first-order valence-corrected chi connectivity index (χ1v) is 8.51. The van der Waals surface area contributed by atoms with E-state index < -0.39 is 0 Å². The number of hydrogen-bond donors (Lipinski definition) is 1. The number of carbonyl (C=O) groups excluding carboxylic acids is 2. The zero-order valence-electron chi connectivity index (χ0n) is 12.4. The van der Waals surface area contributed by atoms with Gasteiger partial charge in [-0.15, -0.1) is 11.3 Å². The lowest BCUT2D eigenvalue weighted by Gasteiger charge is -2.16. The Kier molecular flexibility index (Phi) is 4.93. The highest BCUT2D eigenvalue weighted by molar-refractivity contribution is 7.16. The van der Waals surface area contributed by atoms with Crippen LogP contribution in [-0.2, 0) is 22.7 Å². The van der Waals surface area contributed by atoms with E-state index in [1.807, 2.05) is 24.3 Å². The molecule has 1 aliphatic heterocycles. The van der Waals surface area contributed by atoms with Gasteiger partial charge in [-0.3, -0.25) is 14.6 Å². The van der Waals surface area contributed by atoms with Crippen LogP contribution in [-0.4, -0.2) is 28.2 Å². The Morgan fingerprint density at radius 1 is 1.39 bits per heavy atom. The molecule has 2 amide bonds. The Balaban J connectivity index is 1.53. The molecule has 3 rings (SSSR count). The molecule has 2 aromatic rings. The monoisotopic (exact) mass is 349 g/mol. The first-order chi connectivity index (χ1) is 11.1. The number of amides is 2. The smallest absolute Gasteiger partial charge is 0.225 e. The molecule has 23 heavy (non-hydrogen) atoms. The zero-order valence-corrected chi connectivity index (χ0v) is 13.9. The molecule has 7 heteroatoms. The lowest BCUT2D eigenvalue weighted by molar-refractivity contribution is -0.129. The van der Waals surface area contributed by atoms with Crippen molar-refractivity contribution in [2.45, 2.75) is 19.5 Å². The first-order valence-electron chi connectivity index (χ1n) is 7.31. The summed E-state index contributed by atoms with van der Waals surface area (Å²) in [7, 11) is 0. The number of likely N-dealkylation sites (tertiary alicyclic amines) is 1. The summed E-state index contributed by atoms with van der Waals surface area (Å²) in [5.41, 5.74) is 0.829. The van der Waals surface area contributed by atoms with E-state index in [0.29, 0.717) is 24.0 Å². The number of hydrogen-bond acceptors (Lipinski definition) is 4. The molecular weight excluding hydrogens is 334 g/mol. The molecule has 1 aliphatic rings. The zero-order chi connectivity index (χ0) is 16.2. The lowest BCUT2D eigenvalue weighted by Crippen LogP contribution is -2.32. The summed E-state index contributed by atoms with van der Waals surface area (Å²) >= 11 is 7.31. The minimum absolute atomic E-state index is 0.00466. The fourth-order valence-electron chi connectivity index (χ4n) is 2.55.